The highest BCUT2D eigenvalue weighted by Gasteiger charge is 2.25. The van der Waals surface area contributed by atoms with Crippen molar-refractivity contribution in [1.82, 2.24) is 5.32 Å². The van der Waals surface area contributed by atoms with Gasteiger partial charge in [-0.05, 0) is 37.5 Å². The Hall–Kier alpha value is -1.22. The lowest BCUT2D eigenvalue weighted by molar-refractivity contribution is 0.252. The molecule has 0 radical (unpaired) electrons. The number of hydrogen-bond acceptors (Lipinski definition) is 3. The lowest BCUT2D eigenvalue weighted by Crippen LogP contribution is -2.43. The summed E-state index contributed by atoms with van der Waals surface area (Å²) >= 11 is 0. The number of phenols is 1. The van der Waals surface area contributed by atoms with Crippen LogP contribution in [0.25, 0.3) is 0 Å². The Balaban J connectivity index is 1.97. The molecule has 3 heteroatoms. The van der Waals surface area contributed by atoms with Crippen LogP contribution < -0.4 is 10.1 Å². The van der Waals surface area contributed by atoms with Gasteiger partial charge in [-0.25, -0.2) is 0 Å². The molecular weight excluding hydrogens is 226 g/mol. The first-order chi connectivity index (χ1) is 8.63. The summed E-state index contributed by atoms with van der Waals surface area (Å²) in [7, 11) is 1.58. The van der Waals surface area contributed by atoms with E-state index in [4.69, 9.17) is 4.74 Å². The molecule has 1 aliphatic rings. The van der Waals surface area contributed by atoms with Crippen molar-refractivity contribution >= 4 is 0 Å². The lowest BCUT2D eigenvalue weighted by atomic mass is 9.83. The Morgan fingerprint density at radius 3 is 2.67 bits per heavy atom. The summed E-state index contributed by atoms with van der Waals surface area (Å²) in [6.45, 7) is 3.14. The van der Waals surface area contributed by atoms with Crippen molar-refractivity contribution in [3.8, 4) is 11.5 Å². The molecule has 0 saturated heterocycles. The smallest absolute Gasteiger partial charge is 0.160 e. The van der Waals surface area contributed by atoms with Gasteiger partial charge in [-0.3, -0.25) is 0 Å². The van der Waals surface area contributed by atoms with E-state index in [0.29, 0.717) is 5.75 Å². The summed E-state index contributed by atoms with van der Waals surface area (Å²) in [5, 5.41) is 13.2. The molecule has 100 valence electrons. The summed E-state index contributed by atoms with van der Waals surface area (Å²) in [5.74, 6) is 0.744. The first kappa shape index (κ1) is 13.2. The summed E-state index contributed by atoms with van der Waals surface area (Å²) in [6, 6.07) is 5.53. The van der Waals surface area contributed by atoms with Crippen molar-refractivity contribution < 1.29 is 9.84 Å². The molecule has 2 rings (SSSR count). The summed E-state index contributed by atoms with van der Waals surface area (Å²) < 4.78 is 5.12. The van der Waals surface area contributed by atoms with E-state index in [1.165, 1.54) is 32.1 Å². The third-order valence-electron chi connectivity index (χ3n) is 3.92. The molecule has 0 aliphatic heterocycles. The summed E-state index contributed by atoms with van der Waals surface area (Å²) in [4.78, 5) is 0. The quantitative estimate of drug-likeness (QED) is 0.861. The predicted octanol–water partition coefficient (Wildman–Crippen LogP) is 3.21. The number of aromatic hydroxyl groups is 1. The van der Waals surface area contributed by atoms with Crippen LogP contribution in [0, 0.1) is 0 Å². The maximum absolute atomic E-state index is 9.56. The molecule has 3 nitrogen and oxygen atoms in total. The molecule has 1 aromatic carbocycles. The molecule has 1 fully saturated rings. The van der Waals surface area contributed by atoms with E-state index in [0.717, 1.165) is 12.1 Å². The van der Waals surface area contributed by atoms with Crippen LogP contribution in [0.5, 0.6) is 11.5 Å². The number of hydrogen-bond donors (Lipinski definition) is 2. The van der Waals surface area contributed by atoms with Crippen LogP contribution in [0.2, 0.25) is 0 Å². The minimum Gasteiger partial charge on any atom is -0.504 e. The first-order valence-corrected chi connectivity index (χ1v) is 6.74. The van der Waals surface area contributed by atoms with Crippen LogP contribution in [-0.2, 0) is 6.54 Å². The fourth-order valence-corrected chi connectivity index (χ4v) is 2.66. The maximum atomic E-state index is 9.56. The van der Waals surface area contributed by atoms with Gasteiger partial charge >= 0.3 is 0 Å². The van der Waals surface area contributed by atoms with Crippen LogP contribution >= 0.6 is 0 Å². The standard InChI is InChI=1S/C15H23NO2/c1-15(8-4-3-5-9-15)16-11-12-6-7-13(17)14(10-12)18-2/h6-7,10,16-17H,3-5,8-9,11H2,1-2H3. The molecular formula is C15H23NO2. The Morgan fingerprint density at radius 1 is 1.28 bits per heavy atom. The molecule has 0 amide bonds. The van der Waals surface area contributed by atoms with E-state index in [2.05, 4.69) is 12.2 Å². The van der Waals surface area contributed by atoms with Gasteiger partial charge in [-0.15, -0.1) is 0 Å². The van der Waals surface area contributed by atoms with E-state index in [1.807, 2.05) is 12.1 Å². The Morgan fingerprint density at radius 2 is 2.00 bits per heavy atom. The molecule has 18 heavy (non-hydrogen) atoms. The number of phenolic OH excluding ortho intramolecular Hbond substituents is 1. The second-order valence-corrected chi connectivity index (χ2v) is 5.48. The maximum Gasteiger partial charge on any atom is 0.160 e. The molecule has 0 spiro atoms. The summed E-state index contributed by atoms with van der Waals surface area (Å²) in [5.41, 5.74) is 1.42. The molecule has 0 heterocycles. The number of ether oxygens (including phenoxy) is 1. The topological polar surface area (TPSA) is 41.5 Å². The molecule has 1 saturated carbocycles. The number of benzene rings is 1. The van der Waals surface area contributed by atoms with Gasteiger partial charge in [-0.1, -0.05) is 25.3 Å². The van der Waals surface area contributed by atoms with Crippen molar-refractivity contribution in [3.05, 3.63) is 23.8 Å². The van der Waals surface area contributed by atoms with Crippen molar-refractivity contribution in [3.63, 3.8) is 0 Å². The van der Waals surface area contributed by atoms with Gasteiger partial charge in [0.05, 0.1) is 7.11 Å². The molecule has 0 atom stereocenters. The van der Waals surface area contributed by atoms with E-state index < -0.39 is 0 Å². The van der Waals surface area contributed by atoms with Crippen molar-refractivity contribution in [2.45, 2.75) is 51.1 Å². The minimum absolute atomic E-state index is 0.199. The molecule has 1 aromatic rings. The molecule has 0 bridgehead atoms. The fraction of sp³-hybridized carbons (Fsp3) is 0.600. The van der Waals surface area contributed by atoms with E-state index >= 15 is 0 Å². The second kappa shape index (κ2) is 5.61. The zero-order chi connectivity index (χ0) is 13.0. The zero-order valence-electron chi connectivity index (χ0n) is 11.3. The number of rotatable bonds is 4. The molecule has 2 N–H and O–H groups in total. The molecule has 1 aliphatic carbocycles. The van der Waals surface area contributed by atoms with E-state index in [1.54, 1.807) is 13.2 Å². The van der Waals surface area contributed by atoms with Gasteiger partial charge in [0.15, 0.2) is 11.5 Å². The van der Waals surface area contributed by atoms with Crippen molar-refractivity contribution in [2.75, 3.05) is 7.11 Å². The van der Waals surface area contributed by atoms with Crippen LogP contribution in [0.15, 0.2) is 18.2 Å². The highest BCUT2D eigenvalue weighted by atomic mass is 16.5. The van der Waals surface area contributed by atoms with Crippen LogP contribution in [-0.4, -0.2) is 17.8 Å². The van der Waals surface area contributed by atoms with Gasteiger partial charge in [-0.2, -0.15) is 0 Å². The average Bonchev–Trinajstić information content (AvgIpc) is 2.39. The Labute approximate surface area is 109 Å². The minimum atomic E-state index is 0.199. The monoisotopic (exact) mass is 249 g/mol. The van der Waals surface area contributed by atoms with Crippen molar-refractivity contribution in [1.29, 1.82) is 0 Å². The van der Waals surface area contributed by atoms with Gasteiger partial charge in [0, 0.05) is 12.1 Å². The van der Waals surface area contributed by atoms with Gasteiger partial charge in [0.2, 0.25) is 0 Å². The highest BCUT2D eigenvalue weighted by Crippen LogP contribution is 2.29. The normalized spacial score (nSPS) is 18.6. The summed E-state index contributed by atoms with van der Waals surface area (Å²) in [6.07, 6.45) is 6.51. The molecule has 0 aromatic heterocycles. The van der Waals surface area contributed by atoms with Gasteiger partial charge in [0.25, 0.3) is 0 Å². The first-order valence-electron chi connectivity index (χ1n) is 6.74. The van der Waals surface area contributed by atoms with Crippen molar-refractivity contribution in [2.24, 2.45) is 0 Å². The Kier molecular flexibility index (Phi) is 4.12. The van der Waals surface area contributed by atoms with Crippen LogP contribution in [0.3, 0.4) is 0 Å². The Bertz CT molecular complexity index is 397. The molecule has 0 unspecified atom stereocenters. The zero-order valence-corrected chi connectivity index (χ0v) is 11.3. The average molecular weight is 249 g/mol. The highest BCUT2D eigenvalue weighted by molar-refractivity contribution is 5.41. The van der Waals surface area contributed by atoms with Gasteiger partial charge < -0.3 is 15.2 Å². The predicted molar refractivity (Wildman–Crippen MR) is 73.0 cm³/mol. The third-order valence-corrected chi connectivity index (χ3v) is 3.92. The number of methoxy groups -OCH3 is 1. The lowest BCUT2D eigenvalue weighted by Gasteiger charge is -2.34. The number of nitrogens with one attached hydrogen (secondary N) is 1. The van der Waals surface area contributed by atoms with E-state index in [9.17, 15) is 5.11 Å². The SMILES string of the molecule is COc1cc(CNC2(C)CCCCC2)ccc1O. The largest absolute Gasteiger partial charge is 0.504 e. The van der Waals surface area contributed by atoms with Gasteiger partial charge in [0.1, 0.15) is 0 Å². The van der Waals surface area contributed by atoms with Crippen LogP contribution in [0.1, 0.15) is 44.6 Å². The third kappa shape index (κ3) is 3.16. The second-order valence-electron chi connectivity index (χ2n) is 5.48. The fourth-order valence-electron chi connectivity index (χ4n) is 2.66. The van der Waals surface area contributed by atoms with E-state index in [-0.39, 0.29) is 11.3 Å². The van der Waals surface area contributed by atoms with Crippen LogP contribution in [0.4, 0.5) is 0 Å².